The monoisotopic (exact) mass is 770 g/mol. The van der Waals surface area contributed by atoms with Gasteiger partial charge < -0.3 is 30.0 Å². The predicted octanol–water partition coefficient (Wildman–Crippen LogP) is 3.56. The van der Waals surface area contributed by atoms with E-state index in [4.69, 9.17) is 0 Å². The Bertz CT molecular complexity index is 1790. The number of likely N-dealkylation sites (tertiary alicyclic amines) is 2. The first-order chi connectivity index (χ1) is 27.2. The summed E-state index contributed by atoms with van der Waals surface area (Å²) in [6.45, 7) is 12.0. The minimum absolute atomic E-state index is 0.0235. The van der Waals surface area contributed by atoms with Gasteiger partial charge in [0.1, 0.15) is 0 Å². The molecule has 0 unspecified atom stereocenters. The number of carbonyl (C=O) groups is 2. The number of aliphatic hydroxyl groups is 2. The third kappa shape index (κ3) is 7.62. The zero-order chi connectivity index (χ0) is 39.7. The van der Waals surface area contributed by atoms with Gasteiger partial charge in [-0.15, -0.1) is 0 Å². The van der Waals surface area contributed by atoms with Crippen molar-refractivity contribution in [2.45, 2.75) is 103 Å². The average Bonchev–Trinajstić information content (AvgIpc) is 4.07. The fourth-order valence-electron chi connectivity index (χ4n) is 10.2. The van der Waals surface area contributed by atoms with E-state index in [2.05, 4.69) is 20.4 Å². The van der Waals surface area contributed by atoms with Crippen LogP contribution in [0, 0.1) is 35.5 Å². The number of fused-ring (bicyclic) bond motifs is 6. The van der Waals surface area contributed by atoms with Crippen molar-refractivity contribution in [2.24, 2.45) is 35.5 Å². The Morgan fingerprint density at radius 3 is 1.39 bits per heavy atom. The normalized spacial score (nSPS) is 29.2. The Hall–Kier alpha value is -3.84. The molecule has 4 N–H and O–H groups in total. The van der Waals surface area contributed by atoms with E-state index in [0.717, 1.165) is 37.3 Å². The minimum Gasteiger partial charge on any atom is -0.396 e. The van der Waals surface area contributed by atoms with Crippen molar-refractivity contribution in [3.63, 3.8) is 0 Å². The van der Waals surface area contributed by atoms with Crippen molar-refractivity contribution < 1.29 is 19.8 Å². The highest BCUT2D eigenvalue weighted by Crippen LogP contribution is 2.52. The number of nitrogens with zero attached hydrogens (tertiary/aromatic N) is 4. The fourth-order valence-corrected chi connectivity index (χ4v) is 10.2. The van der Waals surface area contributed by atoms with Crippen LogP contribution in [-0.4, -0.2) is 92.4 Å². The molecule has 8 atom stereocenters. The summed E-state index contributed by atoms with van der Waals surface area (Å²) in [4.78, 5) is 56.4. The van der Waals surface area contributed by atoms with Crippen LogP contribution in [0.1, 0.15) is 101 Å². The summed E-state index contributed by atoms with van der Waals surface area (Å²) < 4.78 is 3.74. The number of hydrogen-bond donors (Lipinski definition) is 4. The molecule has 304 valence electrons. The molecule has 0 spiro atoms. The Morgan fingerprint density at radius 2 is 1.07 bits per heavy atom. The van der Waals surface area contributed by atoms with E-state index in [9.17, 15) is 29.4 Å². The topological polar surface area (TPSA) is 149 Å². The Morgan fingerprint density at radius 1 is 0.679 bits per heavy atom. The highest BCUT2D eigenvalue weighted by Gasteiger charge is 2.57. The molecular weight excluding hydrogens is 709 g/mol. The van der Waals surface area contributed by atoms with E-state index >= 15 is 0 Å². The molecule has 12 heteroatoms. The summed E-state index contributed by atoms with van der Waals surface area (Å²) in [5, 5.41) is 26.5. The van der Waals surface area contributed by atoms with E-state index in [-0.39, 0.29) is 84.0 Å². The van der Waals surface area contributed by atoms with E-state index in [1.807, 2.05) is 85.4 Å². The summed E-state index contributed by atoms with van der Waals surface area (Å²) in [7, 11) is 0. The van der Waals surface area contributed by atoms with Crippen molar-refractivity contribution in [3.8, 4) is 0 Å². The minimum atomic E-state index is -0.314. The first kappa shape index (κ1) is 40.4. The molecule has 2 saturated carbocycles. The van der Waals surface area contributed by atoms with Crippen LogP contribution in [-0.2, 0) is 22.7 Å². The summed E-state index contributed by atoms with van der Waals surface area (Å²) in [5.74, 6) is 1.19. The van der Waals surface area contributed by atoms with E-state index in [0.29, 0.717) is 49.1 Å². The molecule has 8 rings (SSSR count). The number of pyridine rings is 2. The molecule has 2 aliphatic carbocycles. The smallest absolute Gasteiger partial charge is 0.258 e. The SMILES string of the molecule is C/C=C/c1ccc2n(c1=O)C[C@H]1[C@H](CO)[C@@H](C(=O)NCCC)N(CC3CC3)[C@@H]21.C/C=C\c1ccc2n(c1=O)C[C@H]1[C@H](CO)[C@@H](C(=O)NCCC)N(CC3CC3)[C@@H]21. The van der Waals surface area contributed by atoms with Crippen LogP contribution in [0.5, 0.6) is 0 Å². The lowest BCUT2D eigenvalue weighted by Crippen LogP contribution is -2.49. The van der Waals surface area contributed by atoms with E-state index < -0.39 is 0 Å². The fraction of sp³-hybridized carbons (Fsp3) is 0.636. The van der Waals surface area contributed by atoms with Crippen LogP contribution in [0.3, 0.4) is 0 Å². The lowest BCUT2D eigenvalue weighted by molar-refractivity contribution is -0.128. The van der Waals surface area contributed by atoms with Gasteiger partial charge in [-0.1, -0.05) is 38.2 Å². The number of carbonyl (C=O) groups excluding carboxylic acids is 2. The zero-order valence-corrected chi connectivity index (χ0v) is 33.6. The predicted molar refractivity (Wildman–Crippen MR) is 217 cm³/mol. The molecule has 0 radical (unpaired) electrons. The van der Waals surface area contributed by atoms with Gasteiger partial charge in [0.15, 0.2) is 0 Å². The maximum atomic E-state index is 13.0. The first-order valence-electron chi connectivity index (χ1n) is 21.2. The van der Waals surface area contributed by atoms with Crippen molar-refractivity contribution in [3.05, 3.63) is 79.6 Å². The average molecular weight is 771 g/mol. The van der Waals surface area contributed by atoms with Crippen LogP contribution in [0.15, 0.2) is 46.0 Å². The summed E-state index contributed by atoms with van der Waals surface area (Å²) >= 11 is 0. The lowest BCUT2D eigenvalue weighted by atomic mass is 9.88. The summed E-state index contributed by atoms with van der Waals surface area (Å²) in [6.07, 6.45) is 14.0. The molecule has 0 aromatic carbocycles. The first-order valence-corrected chi connectivity index (χ1v) is 21.2. The molecule has 2 amide bonds. The highest BCUT2D eigenvalue weighted by molar-refractivity contribution is 5.83. The molecule has 2 saturated heterocycles. The molecule has 4 aliphatic heterocycles. The Balaban J connectivity index is 0.000000172. The molecule has 2 aromatic rings. The second kappa shape index (κ2) is 17.3. The summed E-state index contributed by atoms with van der Waals surface area (Å²) in [6, 6.07) is 7.31. The molecule has 6 aliphatic rings. The largest absolute Gasteiger partial charge is 0.396 e. The quantitative estimate of drug-likeness (QED) is 0.228. The van der Waals surface area contributed by atoms with Gasteiger partial charge in [0.2, 0.25) is 11.8 Å². The van der Waals surface area contributed by atoms with Gasteiger partial charge in [0.05, 0.1) is 24.2 Å². The number of aliphatic hydroxyl groups excluding tert-OH is 2. The van der Waals surface area contributed by atoms with E-state index in [1.165, 1.54) is 25.7 Å². The summed E-state index contributed by atoms with van der Waals surface area (Å²) in [5.41, 5.74) is 3.43. The lowest BCUT2D eigenvalue weighted by Gasteiger charge is -2.30. The second-order valence-electron chi connectivity index (χ2n) is 16.9. The number of aromatic nitrogens is 2. The van der Waals surface area contributed by atoms with Crippen molar-refractivity contribution in [1.82, 2.24) is 29.6 Å². The van der Waals surface area contributed by atoms with Crippen LogP contribution < -0.4 is 21.8 Å². The van der Waals surface area contributed by atoms with Crippen molar-refractivity contribution in [2.75, 3.05) is 39.4 Å². The third-order valence-corrected chi connectivity index (χ3v) is 13.1. The zero-order valence-electron chi connectivity index (χ0n) is 33.6. The van der Waals surface area contributed by atoms with Crippen molar-refractivity contribution in [1.29, 1.82) is 0 Å². The number of rotatable bonds is 14. The van der Waals surface area contributed by atoms with Gasteiger partial charge in [-0.3, -0.25) is 29.0 Å². The van der Waals surface area contributed by atoms with Crippen LogP contribution in [0.2, 0.25) is 0 Å². The van der Waals surface area contributed by atoms with Crippen molar-refractivity contribution >= 4 is 24.0 Å². The standard InChI is InChI=1S/2C22H31N3O3/c2*1-3-5-15-8-9-18-19-16(12-24(18)22(15)28)17(13-26)20(21(27)23-10-4-2)25(19)11-14-6-7-14/h2*3,5,8-9,14,16-17,19-20,26H,4,6-7,10-13H2,1-2H3,(H,23,27)/b5-3+;5-3-/t2*16-,17-,19+,20-/m00/s1. The van der Waals surface area contributed by atoms with Crippen LogP contribution >= 0.6 is 0 Å². The Kier molecular flexibility index (Phi) is 12.5. The van der Waals surface area contributed by atoms with Crippen LogP contribution in [0.25, 0.3) is 12.2 Å². The van der Waals surface area contributed by atoms with Gasteiger partial charge in [0, 0.05) is 98.7 Å². The molecule has 2 aromatic heterocycles. The van der Waals surface area contributed by atoms with Gasteiger partial charge in [-0.05, 0) is 88.5 Å². The molecule has 12 nitrogen and oxygen atoms in total. The number of hydrogen-bond acceptors (Lipinski definition) is 8. The Labute approximate surface area is 330 Å². The molecule has 4 fully saturated rings. The molecule has 6 heterocycles. The maximum absolute atomic E-state index is 13.0. The number of allylic oxidation sites excluding steroid dienone is 2. The number of nitrogens with one attached hydrogen (secondary N) is 2. The van der Waals surface area contributed by atoms with Gasteiger partial charge in [-0.2, -0.15) is 0 Å². The third-order valence-electron chi connectivity index (χ3n) is 13.1. The maximum Gasteiger partial charge on any atom is 0.258 e. The highest BCUT2D eigenvalue weighted by atomic mass is 16.3. The van der Waals surface area contributed by atoms with Gasteiger partial charge >= 0.3 is 0 Å². The van der Waals surface area contributed by atoms with Gasteiger partial charge in [-0.25, -0.2) is 0 Å². The molecule has 56 heavy (non-hydrogen) atoms. The molecule has 0 bridgehead atoms. The molecular formula is C44H62N6O6. The second-order valence-corrected chi connectivity index (χ2v) is 16.9. The van der Waals surface area contributed by atoms with E-state index in [1.54, 1.807) is 0 Å². The number of amides is 2. The van der Waals surface area contributed by atoms with Crippen LogP contribution in [0.4, 0.5) is 0 Å². The van der Waals surface area contributed by atoms with Gasteiger partial charge in [0.25, 0.3) is 11.1 Å².